The number of nitrogens with zero attached hydrogens (tertiary/aromatic N) is 1. The molecule has 1 amide bonds. The van der Waals surface area contributed by atoms with Gasteiger partial charge in [-0.15, -0.1) is 0 Å². The lowest BCUT2D eigenvalue weighted by molar-refractivity contribution is -0.147. The number of benzene rings is 1. The normalized spacial score (nSPS) is 21.8. The standard InChI is InChI=1S/C15H16N2O3/c16-9-10-4-3-5-11(8-10)17-14(18)12-6-1-2-7-13(12)15(19)20/h3-5,8,12-13H,1-2,6-7H2,(H,17,18)(H,19,20)/t12-,13+/m1/s1. The summed E-state index contributed by atoms with van der Waals surface area (Å²) in [5.41, 5.74) is 0.991. The molecule has 104 valence electrons. The van der Waals surface area contributed by atoms with E-state index < -0.39 is 17.8 Å². The number of carbonyl (C=O) groups is 2. The predicted octanol–water partition coefficient (Wildman–Crippen LogP) is 2.39. The van der Waals surface area contributed by atoms with Crippen LogP contribution in [0.1, 0.15) is 31.2 Å². The summed E-state index contributed by atoms with van der Waals surface area (Å²) in [6.07, 6.45) is 2.87. The topological polar surface area (TPSA) is 90.2 Å². The van der Waals surface area contributed by atoms with Gasteiger partial charge in [-0.1, -0.05) is 18.9 Å². The Hall–Kier alpha value is -2.35. The van der Waals surface area contributed by atoms with Gasteiger partial charge in [0.2, 0.25) is 5.91 Å². The van der Waals surface area contributed by atoms with Crippen LogP contribution in [-0.2, 0) is 9.59 Å². The van der Waals surface area contributed by atoms with Crippen molar-refractivity contribution < 1.29 is 14.7 Å². The highest BCUT2D eigenvalue weighted by molar-refractivity contribution is 5.95. The Morgan fingerprint density at radius 3 is 2.60 bits per heavy atom. The second-order valence-electron chi connectivity index (χ2n) is 5.02. The van der Waals surface area contributed by atoms with E-state index in [1.807, 2.05) is 6.07 Å². The maximum absolute atomic E-state index is 12.2. The Morgan fingerprint density at radius 2 is 1.95 bits per heavy atom. The van der Waals surface area contributed by atoms with Gasteiger partial charge in [0.15, 0.2) is 0 Å². The van der Waals surface area contributed by atoms with Crippen molar-refractivity contribution in [1.82, 2.24) is 0 Å². The first-order valence-electron chi connectivity index (χ1n) is 6.65. The summed E-state index contributed by atoms with van der Waals surface area (Å²) in [7, 11) is 0. The fourth-order valence-electron chi connectivity index (χ4n) is 2.64. The molecule has 1 aliphatic rings. The minimum absolute atomic E-state index is 0.271. The first kappa shape index (κ1) is 14.1. The van der Waals surface area contributed by atoms with Crippen molar-refractivity contribution in [2.24, 2.45) is 11.8 Å². The molecule has 20 heavy (non-hydrogen) atoms. The molecule has 0 bridgehead atoms. The van der Waals surface area contributed by atoms with Gasteiger partial charge in [0.1, 0.15) is 0 Å². The van der Waals surface area contributed by atoms with Gasteiger partial charge in [0, 0.05) is 5.69 Å². The van der Waals surface area contributed by atoms with Crippen LogP contribution in [0.2, 0.25) is 0 Å². The monoisotopic (exact) mass is 272 g/mol. The molecule has 0 unspecified atom stereocenters. The maximum Gasteiger partial charge on any atom is 0.307 e. The minimum Gasteiger partial charge on any atom is -0.481 e. The molecule has 2 N–H and O–H groups in total. The molecule has 0 radical (unpaired) electrons. The highest BCUT2D eigenvalue weighted by Gasteiger charge is 2.35. The molecule has 5 heteroatoms. The lowest BCUT2D eigenvalue weighted by Crippen LogP contribution is -2.36. The molecule has 1 fully saturated rings. The number of anilines is 1. The second kappa shape index (κ2) is 6.20. The maximum atomic E-state index is 12.2. The second-order valence-corrected chi connectivity index (χ2v) is 5.02. The van der Waals surface area contributed by atoms with Gasteiger partial charge in [-0.05, 0) is 31.0 Å². The van der Waals surface area contributed by atoms with Gasteiger partial charge in [-0.25, -0.2) is 0 Å². The van der Waals surface area contributed by atoms with E-state index in [-0.39, 0.29) is 5.91 Å². The molecule has 1 aliphatic carbocycles. The summed E-state index contributed by atoms with van der Waals surface area (Å²) in [5, 5.41) is 20.7. The van der Waals surface area contributed by atoms with E-state index in [1.165, 1.54) is 0 Å². The van der Waals surface area contributed by atoms with Gasteiger partial charge in [-0.3, -0.25) is 9.59 Å². The molecule has 0 saturated heterocycles. The number of hydrogen-bond donors (Lipinski definition) is 2. The minimum atomic E-state index is -0.907. The molecule has 1 aromatic carbocycles. The van der Waals surface area contributed by atoms with Crippen LogP contribution < -0.4 is 5.32 Å². The highest BCUT2D eigenvalue weighted by atomic mass is 16.4. The number of carboxylic acid groups (broad SMARTS) is 1. The zero-order valence-corrected chi connectivity index (χ0v) is 11.0. The molecule has 1 aromatic rings. The average molecular weight is 272 g/mol. The quantitative estimate of drug-likeness (QED) is 0.884. The molecule has 0 spiro atoms. The third-order valence-corrected chi connectivity index (χ3v) is 3.68. The average Bonchev–Trinajstić information content (AvgIpc) is 2.47. The van der Waals surface area contributed by atoms with Crippen LogP contribution in [0.4, 0.5) is 5.69 Å². The molecule has 0 aliphatic heterocycles. The summed E-state index contributed by atoms with van der Waals surface area (Å²) in [4.78, 5) is 23.4. The Labute approximate surface area is 117 Å². The van der Waals surface area contributed by atoms with Gasteiger partial charge < -0.3 is 10.4 Å². The van der Waals surface area contributed by atoms with Crippen LogP contribution in [0, 0.1) is 23.2 Å². The van der Waals surface area contributed by atoms with Crippen molar-refractivity contribution in [1.29, 1.82) is 5.26 Å². The van der Waals surface area contributed by atoms with Crippen molar-refractivity contribution in [3.63, 3.8) is 0 Å². The van der Waals surface area contributed by atoms with E-state index in [0.717, 1.165) is 12.8 Å². The van der Waals surface area contributed by atoms with Gasteiger partial charge >= 0.3 is 5.97 Å². The number of carbonyl (C=O) groups excluding carboxylic acids is 1. The molecule has 0 heterocycles. The van der Waals surface area contributed by atoms with Crippen LogP contribution >= 0.6 is 0 Å². The van der Waals surface area contributed by atoms with Crippen LogP contribution in [0.15, 0.2) is 24.3 Å². The van der Waals surface area contributed by atoms with Crippen molar-refractivity contribution in [2.45, 2.75) is 25.7 Å². The Bertz CT molecular complexity index is 562. The van der Waals surface area contributed by atoms with E-state index >= 15 is 0 Å². The van der Waals surface area contributed by atoms with E-state index in [4.69, 9.17) is 5.26 Å². The SMILES string of the molecule is N#Cc1cccc(NC(=O)[C@@H]2CCCC[C@@H]2C(=O)O)c1. The number of rotatable bonds is 3. The number of amides is 1. The summed E-state index contributed by atoms with van der Waals surface area (Å²) in [6, 6.07) is 8.61. The fourth-order valence-corrected chi connectivity index (χ4v) is 2.64. The van der Waals surface area contributed by atoms with Crippen LogP contribution in [-0.4, -0.2) is 17.0 Å². The summed E-state index contributed by atoms with van der Waals surface area (Å²) < 4.78 is 0. The Balaban J connectivity index is 2.10. The molecular formula is C15H16N2O3. The van der Waals surface area contributed by atoms with Crippen molar-refractivity contribution >= 4 is 17.6 Å². The predicted molar refractivity (Wildman–Crippen MR) is 72.9 cm³/mol. The first-order chi connectivity index (χ1) is 9.61. The lowest BCUT2D eigenvalue weighted by Gasteiger charge is -2.27. The third kappa shape index (κ3) is 3.15. The van der Waals surface area contributed by atoms with Crippen molar-refractivity contribution in [2.75, 3.05) is 5.32 Å². The number of nitrogens with one attached hydrogen (secondary N) is 1. The third-order valence-electron chi connectivity index (χ3n) is 3.68. The molecule has 5 nitrogen and oxygen atoms in total. The molecule has 0 aromatic heterocycles. The first-order valence-corrected chi connectivity index (χ1v) is 6.65. The van der Waals surface area contributed by atoms with Gasteiger partial charge in [0.25, 0.3) is 0 Å². The molecule has 2 rings (SSSR count). The highest BCUT2D eigenvalue weighted by Crippen LogP contribution is 2.31. The Kier molecular flexibility index (Phi) is 4.36. The van der Waals surface area contributed by atoms with E-state index in [1.54, 1.807) is 24.3 Å². The molecular weight excluding hydrogens is 256 g/mol. The molecule has 1 saturated carbocycles. The summed E-state index contributed by atoms with van der Waals surface area (Å²) >= 11 is 0. The smallest absolute Gasteiger partial charge is 0.307 e. The number of nitriles is 1. The number of carboxylic acids is 1. The largest absolute Gasteiger partial charge is 0.481 e. The van der Waals surface area contributed by atoms with Crippen molar-refractivity contribution in [3.8, 4) is 6.07 Å². The summed E-state index contributed by atoms with van der Waals surface area (Å²) in [5.74, 6) is -2.28. The zero-order valence-electron chi connectivity index (χ0n) is 11.0. The number of aliphatic carboxylic acids is 1. The van der Waals surface area contributed by atoms with Crippen molar-refractivity contribution in [3.05, 3.63) is 29.8 Å². The van der Waals surface area contributed by atoms with E-state index in [2.05, 4.69) is 5.32 Å². The van der Waals surface area contributed by atoms with Crippen LogP contribution in [0.25, 0.3) is 0 Å². The van der Waals surface area contributed by atoms with Crippen LogP contribution in [0.5, 0.6) is 0 Å². The Morgan fingerprint density at radius 1 is 1.25 bits per heavy atom. The zero-order chi connectivity index (χ0) is 14.5. The molecule has 2 atom stereocenters. The number of hydrogen-bond acceptors (Lipinski definition) is 3. The fraction of sp³-hybridized carbons (Fsp3) is 0.400. The van der Waals surface area contributed by atoms with Crippen LogP contribution in [0.3, 0.4) is 0 Å². The lowest BCUT2D eigenvalue weighted by atomic mass is 9.78. The van der Waals surface area contributed by atoms with E-state index in [9.17, 15) is 14.7 Å². The van der Waals surface area contributed by atoms with E-state index in [0.29, 0.717) is 24.1 Å². The van der Waals surface area contributed by atoms with Gasteiger partial charge in [-0.2, -0.15) is 5.26 Å². The summed E-state index contributed by atoms with van der Waals surface area (Å²) in [6.45, 7) is 0. The van der Waals surface area contributed by atoms with Gasteiger partial charge in [0.05, 0.1) is 23.5 Å².